The average molecular weight is 238 g/mol. The number of benzene rings is 1. The van der Waals surface area contributed by atoms with E-state index in [-0.39, 0.29) is 17.4 Å². The van der Waals surface area contributed by atoms with Crippen LogP contribution in [0.1, 0.15) is 16.8 Å². The lowest BCUT2D eigenvalue weighted by Gasteiger charge is -2.13. The molecule has 2 rings (SSSR count). The van der Waals surface area contributed by atoms with E-state index in [9.17, 15) is 9.18 Å². The van der Waals surface area contributed by atoms with Crippen LogP contribution < -0.4 is 15.4 Å². The van der Waals surface area contributed by atoms with Crippen LogP contribution in [-0.4, -0.2) is 32.1 Å². The fraction of sp³-hybridized carbons (Fsp3) is 0.417. The van der Waals surface area contributed by atoms with Gasteiger partial charge in [-0.05, 0) is 25.1 Å². The molecule has 0 unspecified atom stereocenters. The largest absolute Gasteiger partial charge is 0.496 e. The summed E-state index contributed by atoms with van der Waals surface area (Å²) in [5.41, 5.74) is -0.0260. The molecule has 0 aromatic heterocycles. The molecule has 0 bridgehead atoms. The van der Waals surface area contributed by atoms with Crippen molar-refractivity contribution < 1.29 is 13.9 Å². The molecular weight excluding hydrogens is 223 g/mol. The van der Waals surface area contributed by atoms with Gasteiger partial charge in [0.05, 0.1) is 7.11 Å². The van der Waals surface area contributed by atoms with E-state index in [0.717, 1.165) is 19.5 Å². The van der Waals surface area contributed by atoms with Gasteiger partial charge in [-0.3, -0.25) is 4.79 Å². The number of ether oxygens (including phenoxy) is 1. The minimum atomic E-state index is -0.562. The van der Waals surface area contributed by atoms with Crippen LogP contribution in [0.3, 0.4) is 0 Å². The van der Waals surface area contributed by atoms with Gasteiger partial charge >= 0.3 is 0 Å². The smallest absolute Gasteiger partial charge is 0.258 e. The quantitative estimate of drug-likeness (QED) is 0.823. The molecule has 1 aromatic rings. The van der Waals surface area contributed by atoms with Gasteiger partial charge in [0.2, 0.25) is 0 Å². The summed E-state index contributed by atoms with van der Waals surface area (Å²) in [5.74, 6) is -0.727. The van der Waals surface area contributed by atoms with Crippen molar-refractivity contribution in [2.24, 2.45) is 0 Å². The first kappa shape index (κ1) is 11.9. The Morgan fingerprint density at radius 3 is 3.06 bits per heavy atom. The van der Waals surface area contributed by atoms with Gasteiger partial charge in [0.1, 0.15) is 17.1 Å². The molecule has 1 aliphatic rings. The second-order valence-corrected chi connectivity index (χ2v) is 3.98. The van der Waals surface area contributed by atoms with Crippen molar-refractivity contribution in [1.29, 1.82) is 0 Å². The molecule has 1 fully saturated rings. The normalized spacial score (nSPS) is 19.1. The molecule has 1 saturated heterocycles. The molecule has 1 aliphatic heterocycles. The molecule has 4 nitrogen and oxygen atoms in total. The summed E-state index contributed by atoms with van der Waals surface area (Å²) in [6, 6.07) is 4.41. The van der Waals surface area contributed by atoms with Gasteiger partial charge in [-0.1, -0.05) is 6.07 Å². The van der Waals surface area contributed by atoms with Crippen molar-refractivity contribution >= 4 is 5.91 Å². The van der Waals surface area contributed by atoms with Gasteiger partial charge in [0, 0.05) is 12.6 Å². The predicted octanol–water partition coefficient (Wildman–Crippen LogP) is 0.926. The van der Waals surface area contributed by atoms with E-state index in [4.69, 9.17) is 4.74 Å². The molecule has 0 spiro atoms. The average Bonchev–Trinajstić information content (AvgIpc) is 2.81. The number of hydrogen-bond donors (Lipinski definition) is 2. The fourth-order valence-electron chi connectivity index (χ4n) is 1.93. The lowest BCUT2D eigenvalue weighted by Crippen LogP contribution is -2.36. The van der Waals surface area contributed by atoms with E-state index < -0.39 is 11.7 Å². The summed E-state index contributed by atoms with van der Waals surface area (Å²) in [7, 11) is 1.42. The zero-order chi connectivity index (χ0) is 12.3. The maximum atomic E-state index is 13.6. The molecule has 17 heavy (non-hydrogen) atoms. The molecule has 92 valence electrons. The Hall–Kier alpha value is -1.62. The van der Waals surface area contributed by atoms with E-state index >= 15 is 0 Å². The lowest BCUT2D eigenvalue weighted by molar-refractivity contribution is 0.0932. The third-order valence-electron chi connectivity index (χ3n) is 2.82. The van der Waals surface area contributed by atoms with Crippen LogP contribution in [0, 0.1) is 5.82 Å². The maximum absolute atomic E-state index is 13.6. The Morgan fingerprint density at radius 1 is 1.59 bits per heavy atom. The maximum Gasteiger partial charge on any atom is 0.258 e. The first-order chi connectivity index (χ1) is 8.22. The summed E-state index contributed by atoms with van der Waals surface area (Å²) in [6.45, 7) is 1.60. The second kappa shape index (κ2) is 5.14. The van der Waals surface area contributed by atoms with Gasteiger partial charge in [0.25, 0.3) is 5.91 Å². The Morgan fingerprint density at radius 2 is 2.41 bits per heavy atom. The first-order valence-electron chi connectivity index (χ1n) is 5.56. The number of carbonyl (C=O) groups is 1. The van der Waals surface area contributed by atoms with Crippen LogP contribution in [0.2, 0.25) is 0 Å². The van der Waals surface area contributed by atoms with Crippen molar-refractivity contribution in [3.05, 3.63) is 29.6 Å². The summed E-state index contributed by atoms with van der Waals surface area (Å²) >= 11 is 0. The molecule has 0 aliphatic carbocycles. The predicted molar refractivity (Wildman–Crippen MR) is 61.7 cm³/mol. The monoisotopic (exact) mass is 238 g/mol. The number of hydrogen-bond acceptors (Lipinski definition) is 3. The number of halogens is 1. The van der Waals surface area contributed by atoms with Crippen molar-refractivity contribution in [2.75, 3.05) is 20.2 Å². The topological polar surface area (TPSA) is 50.4 Å². The first-order valence-corrected chi connectivity index (χ1v) is 5.56. The summed E-state index contributed by atoms with van der Waals surface area (Å²) in [5, 5.41) is 5.92. The highest BCUT2D eigenvalue weighted by atomic mass is 19.1. The lowest BCUT2D eigenvalue weighted by atomic mass is 10.1. The highest BCUT2D eigenvalue weighted by Crippen LogP contribution is 2.21. The molecule has 0 radical (unpaired) electrons. The molecule has 1 heterocycles. The number of rotatable bonds is 3. The standard InChI is InChI=1S/C12H15FN2O2/c1-17-10-4-2-3-9(13)11(10)12(16)15-8-5-6-14-7-8/h2-4,8,14H,5-7H2,1H3,(H,15,16)/t8-/m0/s1. The molecule has 2 N–H and O–H groups in total. The van der Waals surface area contributed by atoms with E-state index in [1.165, 1.54) is 19.2 Å². The zero-order valence-corrected chi connectivity index (χ0v) is 9.63. The van der Waals surface area contributed by atoms with Crippen LogP contribution in [0.4, 0.5) is 4.39 Å². The van der Waals surface area contributed by atoms with Crippen LogP contribution in [-0.2, 0) is 0 Å². The highest BCUT2D eigenvalue weighted by molar-refractivity contribution is 5.97. The van der Waals surface area contributed by atoms with Crippen molar-refractivity contribution in [3.63, 3.8) is 0 Å². The van der Waals surface area contributed by atoms with Crippen LogP contribution in [0.5, 0.6) is 5.75 Å². The highest BCUT2D eigenvalue weighted by Gasteiger charge is 2.22. The van der Waals surface area contributed by atoms with E-state index in [2.05, 4.69) is 10.6 Å². The van der Waals surface area contributed by atoms with Gasteiger partial charge in [0.15, 0.2) is 0 Å². The summed E-state index contributed by atoms with van der Waals surface area (Å²) in [4.78, 5) is 11.9. The van der Waals surface area contributed by atoms with Gasteiger partial charge in [-0.15, -0.1) is 0 Å². The molecule has 1 aromatic carbocycles. The van der Waals surface area contributed by atoms with E-state index in [1.54, 1.807) is 6.07 Å². The number of methoxy groups -OCH3 is 1. The molecule has 1 atom stereocenters. The third-order valence-corrected chi connectivity index (χ3v) is 2.82. The van der Waals surface area contributed by atoms with E-state index in [0.29, 0.717) is 0 Å². The van der Waals surface area contributed by atoms with Gasteiger partial charge in [-0.25, -0.2) is 4.39 Å². The third kappa shape index (κ3) is 2.55. The molecule has 5 heteroatoms. The second-order valence-electron chi connectivity index (χ2n) is 3.98. The molecular formula is C12H15FN2O2. The SMILES string of the molecule is COc1cccc(F)c1C(=O)N[C@H]1CCNC1. The van der Waals surface area contributed by atoms with Crippen LogP contribution in [0.15, 0.2) is 18.2 Å². The molecule has 1 amide bonds. The fourth-order valence-corrected chi connectivity index (χ4v) is 1.93. The minimum Gasteiger partial charge on any atom is -0.496 e. The van der Waals surface area contributed by atoms with Crippen LogP contribution in [0.25, 0.3) is 0 Å². The zero-order valence-electron chi connectivity index (χ0n) is 9.63. The van der Waals surface area contributed by atoms with Gasteiger partial charge < -0.3 is 15.4 Å². The summed E-state index contributed by atoms with van der Waals surface area (Å²) in [6.07, 6.45) is 0.864. The molecule has 0 saturated carbocycles. The van der Waals surface area contributed by atoms with Crippen LogP contribution >= 0.6 is 0 Å². The van der Waals surface area contributed by atoms with Crippen molar-refractivity contribution in [3.8, 4) is 5.75 Å². The Kier molecular flexibility index (Phi) is 3.58. The minimum absolute atomic E-state index is 0.0260. The van der Waals surface area contributed by atoms with Crippen molar-refractivity contribution in [2.45, 2.75) is 12.5 Å². The Labute approximate surface area is 99.2 Å². The number of nitrogens with one attached hydrogen (secondary N) is 2. The van der Waals surface area contributed by atoms with Gasteiger partial charge in [-0.2, -0.15) is 0 Å². The number of carbonyl (C=O) groups excluding carboxylic acids is 1. The van der Waals surface area contributed by atoms with E-state index in [1.807, 2.05) is 0 Å². The van der Waals surface area contributed by atoms with Crippen molar-refractivity contribution in [1.82, 2.24) is 10.6 Å². The Balaban J connectivity index is 2.17. The Bertz CT molecular complexity index is 417. The number of amides is 1. The summed E-state index contributed by atoms with van der Waals surface area (Å²) < 4.78 is 18.6.